The summed E-state index contributed by atoms with van der Waals surface area (Å²) < 4.78 is 5.68. The Morgan fingerprint density at radius 3 is 2.52 bits per heavy atom. The Hall–Kier alpha value is -3.28. The van der Waals surface area contributed by atoms with Gasteiger partial charge < -0.3 is 9.52 Å². The van der Waals surface area contributed by atoms with Crippen molar-refractivity contribution in [3.05, 3.63) is 88.1 Å². The molecule has 1 heterocycles. The Bertz CT molecular complexity index is 1250. The molecule has 144 valence electrons. The predicted octanol–water partition coefficient (Wildman–Crippen LogP) is 5.88. The Morgan fingerprint density at radius 1 is 1.00 bits per heavy atom. The lowest BCUT2D eigenvalue weighted by Crippen LogP contribution is -2.17. The number of aromatic hydroxyl groups is 1. The highest BCUT2D eigenvalue weighted by Crippen LogP contribution is 2.31. The summed E-state index contributed by atoms with van der Waals surface area (Å²) in [6, 6.07) is 19.1. The number of carbonyl (C=O) groups excluding carboxylic acids is 1. The first-order valence-electron chi connectivity index (χ1n) is 8.62. The molecule has 0 unspecified atom stereocenters. The minimum atomic E-state index is -0.531. The van der Waals surface area contributed by atoms with E-state index < -0.39 is 5.91 Å². The molecule has 0 saturated heterocycles. The van der Waals surface area contributed by atoms with Crippen LogP contribution >= 0.6 is 23.2 Å². The largest absolute Gasteiger partial charge is 0.507 e. The summed E-state index contributed by atoms with van der Waals surface area (Å²) in [6.07, 6.45) is 1.36. The minimum absolute atomic E-state index is 0.117. The van der Waals surface area contributed by atoms with E-state index in [0.717, 1.165) is 10.8 Å². The molecule has 0 radical (unpaired) electrons. The fraction of sp³-hybridized carbons (Fsp3) is 0. The zero-order valence-corrected chi connectivity index (χ0v) is 16.4. The number of hydrogen-bond donors (Lipinski definition) is 2. The molecule has 0 aliphatic heterocycles. The molecule has 0 aliphatic rings. The molecule has 1 amide bonds. The van der Waals surface area contributed by atoms with Crippen LogP contribution in [0, 0.1) is 0 Å². The van der Waals surface area contributed by atoms with Gasteiger partial charge in [0.25, 0.3) is 5.91 Å². The molecule has 0 aliphatic carbocycles. The quantitative estimate of drug-likeness (QED) is 0.317. The van der Waals surface area contributed by atoms with Gasteiger partial charge in [0.15, 0.2) is 0 Å². The number of nitrogens with zero attached hydrogens (tertiary/aromatic N) is 1. The number of fused-ring (bicyclic) bond motifs is 1. The summed E-state index contributed by atoms with van der Waals surface area (Å²) in [5.74, 6) is 0.326. The number of nitrogens with one attached hydrogen (secondary N) is 1. The van der Waals surface area contributed by atoms with Crippen LogP contribution in [0.1, 0.15) is 16.1 Å². The molecular weight excluding hydrogens is 411 g/mol. The second-order valence-corrected chi connectivity index (χ2v) is 7.09. The normalized spacial score (nSPS) is 11.2. The van der Waals surface area contributed by atoms with Crippen molar-refractivity contribution in [3.8, 4) is 17.1 Å². The molecular formula is C22H14Cl2N2O3. The van der Waals surface area contributed by atoms with Crippen LogP contribution in [-0.2, 0) is 0 Å². The predicted molar refractivity (Wildman–Crippen MR) is 115 cm³/mol. The number of carbonyl (C=O) groups is 1. The van der Waals surface area contributed by atoms with Crippen LogP contribution in [0.5, 0.6) is 5.75 Å². The van der Waals surface area contributed by atoms with Gasteiger partial charge in [0.2, 0.25) is 0 Å². The molecule has 4 aromatic rings. The van der Waals surface area contributed by atoms with Gasteiger partial charge in [-0.15, -0.1) is 0 Å². The highest BCUT2D eigenvalue weighted by molar-refractivity contribution is 6.36. The number of benzene rings is 3. The molecule has 5 nitrogen and oxygen atoms in total. The van der Waals surface area contributed by atoms with Gasteiger partial charge in [0.05, 0.1) is 16.8 Å². The van der Waals surface area contributed by atoms with E-state index in [1.165, 1.54) is 6.21 Å². The first kappa shape index (κ1) is 19.1. The van der Waals surface area contributed by atoms with E-state index in [2.05, 4.69) is 10.5 Å². The van der Waals surface area contributed by atoms with Crippen molar-refractivity contribution in [2.75, 3.05) is 0 Å². The molecule has 0 fully saturated rings. The highest BCUT2D eigenvalue weighted by atomic mass is 35.5. The van der Waals surface area contributed by atoms with Gasteiger partial charge in [-0.1, -0.05) is 47.5 Å². The number of phenols is 1. The molecule has 29 heavy (non-hydrogen) atoms. The lowest BCUT2D eigenvalue weighted by molar-refractivity contribution is 0.0952. The van der Waals surface area contributed by atoms with Crippen LogP contribution < -0.4 is 5.43 Å². The number of furan rings is 1. The summed E-state index contributed by atoms with van der Waals surface area (Å²) in [5.41, 5.74) is 3.22. The Kier molecular flexibility index (Phi) is 5.25. The van der Waals surface area contributed by atoms with Crippen LogP contribution in [-0.4, -0.2) is 17.2 Å². The van der Waals surface area contributed by atoms with Gasteiger partial charge in [-0.3, -0.25) is 4.79 Å². The van der Waals surface area contributed by atoms with E-state index in [1.54, 1.807) is 42.5 Å². The topological polar surface area (TPSA) is 74.8 Å². The second kappa shape index (κ2) is 7.99. The zero-order valence-electron chi connectivity index (χ0n) is 14.9. The monoisotopic (exact) mass is 424 g/mol. The van der Waals surface area contributed by atoms with Gasteiger partial charge in [0.1, 0.15) is 17.3 Å². The van der Waals surface area contributed by atoms with Gasteiger partial charge >= 0.3 is 0 Å². The summed E-state index contributed by atoms with van der Waals surface area (Å²) in [4.78, 5) is 12.4. The van der Waals surface area contributed by atoms with E-state index >= 15 is 0 Å². The summed E-state index contributed by atoms with van der Waals surface area (Å²) in [6.45, 7) is 0. The number of halogens is 2. The number of amides is 1. The Morgan fingerprint density at radius 2 is 1.76 bits per heavy atom. The molecule has 3 aromatic carbocycles. The van der Waals surface area contributed by atoms with Crippen molar-refractivity contribution in [1.82, 2.24) is 5.43 Å². The van der Waals surface area contributed by atoms with Crippen LogP contribution in [0.25, 0.3) is 22.1 Å². The van der Waals surface area contributed by atoms with Crippen LogP contribution in [0.2, 0.25) is 10.0 Å². The molecule has 7 heteroatoms. The van der Waals surface area contributed by atoms with Gasteiger partial charge in [-0.2, -0.15) is 5.10 Å². The molecule has 1 aromatic heterocycles. The Balaban J connectivity index is 1.49. The van der Waals surface area contributed by atoms with Crippen molar-refractivity contribution in [2.45, 2.75) is 0 Å². The first-order chi connectivity index (χ1) is 14.0. The van der Waals surface area contributed by atoms with Crippen LogP contribution in [0.15, 0.2) is 76.2 Å². The second-order valence-electron chi connectivity index (χ2n) is 6.24. The number of hydrazone groups is 1. The standard InChI is InChI=1S/C22H14Cl2N2O3/c23-15-5-7-17(19(24)11-15)21-8-6-16(29-21)12-25-26-22(28)18-9-13-3-1-2-4-14(13)10-20(18)27/h1-12,27H,(H,26,28). The average molecular weight is 425 g/mol. The fourth-order valence-corrected chi connectivity index (χ4v) is 3.38. The zero-order chi connectivity index (χ0) is 20.4. The van der Waals surface area contributed by atoms with Gasteiger partial charge in [-0.05, 0) is 53.2 Å². The molecule has 0 bridgehead atoms. The average Bonchev–Trinajstić information content (AvgIpc) is 3.16. The number of phenolic OH excluding ortho intramolecular Hbond substituents is 1. The minimum Gasteiger partial charge on any atom is -0.507 e. The van der Waals surface area contributed by atoms with E-state index in [-0.39, 0.29) is 11.3 Å². The summed E-state index contributed by atoms with van der Waals surface area (Å²) >= 11 is 12.1. The third-order valence-electron chi connectivity index (χ3n) is 4.29. The van der Waals surface area contributed by atoms with E-state index in [4.69, 9.17) is 27.6 Å². The maximum atomic E-state index is 12.4. The van der Waals surface area contributed by atoms with Crippen molar-refractivity contribution in [2.24, 2.45) is 5.10 Å². The SMILES string of the molecule is O=C(NN=Cc1ccc(-c2ccc(Cl)cc2Cl)o1)c1cc2ccccc2cc1O. The summed E-state index contributed by atoms with van der Waals surface area (Å²) in [7, 11) is 0. The van der Waals surface area contributed by atoms with Crippen LogP contribution in [0.4, 0.5) is 0 Å². The van der Waals surface area contributed by atoms with Crippen molar-refractivity contribution in [1.29, 1.82) is 0 Å². The lowest BCUT2D eigenvalue weighted by Gasteiger charge is -2.05. The summed E-state index contributed by atoms with van der Waals surface area (Å²) in [5, 5.41) is 16.7. The van der Waals surface area contributed by atoms with Crippen molar-refractivity contribution >= 4 is 46.1 Å². The van der Waals surface area contributed by atoms with Gasteiger partial charge in [-0.25, -0.2) is 5.43 Å². The maximum Gasteiger partial charge on any atom is 0.275 e. The highest BCUT2D eigenvalue weighted by Gasteiger charge is 2.12. The van der Waals surface area contributed by atoms with Crippen molar-refractivity contribution < 1.29 is 14.3 Å². The molecule has 0 saturated carbocycles. The Labute approximate surface area is 176 Å². The fourth-order valence-electron chi connectivity index (χ4n) is 2.88. The smallest absolute Gasteiger partial charge is 0.275 e. The maximum absolute atomic E-state index is 12.4. The third-order valence-corrected chi connectivity index (χ3v) is 4.84. The first-order valence-corrected chi connectivity index (χ1v) is 9.37. The van der Waals surface area contributed by atoms with Gasteiger partial charge in [0, 0.05) is 10.6 Å². The van der Waals surface area contributed by atoms with E-state index in [9.17, 15) is 9.90 Å². The van der Waals surface area contributed by atoms with Crippen molar-refractivity contribution in [3.63, 3.8) is 0 Å². The number of rotatable bonds is 4. The molecule has 4 rings (SSSR count). The molecule has 0 atom stereocenters. The number of hydrogen-bond acceptors (Lipinski definition) is 4. The third kappa shape index (κ3) is 4.11. The van der Waals surface area contributed by atoms with E-state index in [0.29, 0.717) is 27.1 Å². The molecule has 2 N–H and O–H groups in total. The lowest BCUT2D eigenvalue weighted by atomic mass is 10.1. The molecule has 0 spiro atoms. The van der Waals surface area contributed by atoms with E-state index in [1.807, 2.05) is 24.3 Å². The van der Waals surface area contributed by atoms with Crippen LogP contribution in [0.3, 0.4) is 0 Å².